The van der Waals surface area contributed by atoms with Crippen molar-refractivity contribution in [1.82, 2.24) is 4.90 Å². The second kappa shape index (κ2) is 8.96. The third-order valence-corrected chi connectivity index (χ3v) is 1.66. The van der Waals surface area contributed by atoms with E-state index in [1.54, 1.807) is 0 Å². The molecule has 0 aliphatic carbocycles. The summed E-state index contributed by atoms with van der Waals surface area (Å²) >= 11 is 0. The number of rotatable bonds is 7. The standard InChI is InChI=1S/C10H19NO5/c1-4-5-15-9(12)8-11(2)10(13)16-7-6-14-3/h4-8H2,1-3H3. The molecule has 0 radical (unpaired) electrons. The van der Waals surface area contributed by atoms with Crippen LogP contribution in [0, 0.1) is 0 Å². The van der Waals surface area contributed by atoms with Gasteiger partial charge < -0.3 is 19.1 Å². The van der Waals surface area contributed by atoms with Crippen LogP contribution in [0.3, 0.4) is 0 Å². The van der Waals surface area contributed by atoms with Gasteiger partial charge in [-0.3, -0.25) is 4.79 Å². The summed E-state index contributed by atoms with van der Waals surface area (Å²) in [6.45, 7) is 2.66. The molecule has 0 aliphatic rings. The summed E-state index contributed by atoms with van der Waals surface area (Å²) in [5, 5.41) is 0. The lowest BCUT2D eigenvalue weighted by molar-refractivity contribution is -0.144. The summed E-state index contributed by atoms with van der Waals surface area (Å²) in [6.07, 6.45) is 0.193. The van der Waals surface area contributed by atoms with Crippen LogP contribution >= 0.6 is 0 Å². The van der Waals surface area contributed by atoms with Gasteiger partial charge >= 0.3 is 12.1 Å². The van der Waals surface area contributed by atoms with Crippen molar-refractivity contribution in [2.75, 3.05) is 40.5 Å². The molecule has 0 unspecified atom stereocenters. The van der Waals surface area contributed by atoms with Crippen LogP contribution in [-0.2, 0) is 19.0 Å². The molecule has 0 aromatic carbocycles. The van der Waals surface area contributed by atoms with Crippen LogP contribution in [0.1, 0.15) is 13.3 Å². The molecule has 0 atom stereocenters. The second-order valence-electron chi connectivity index (χ2n) is 3.18. The van der Waals surface area contributed by atoms with Crippen LogP contribution in [0.2, 0.25) is 0 Å². The van der Waals surface area contributed by atoms with Gasteiger partial charge in [0.25, 0.3) is 0 Å². The third kappa shape index (κ3) is 7.05. The van der Waals surface area contributed by atoms with Crippen molar-refractivity contribution in [3.05, 3.63) is 0 Å². The smallest absolute Gasteiger partial charge is 0.410 e. The minimum atomic E-state index is -0.564. The minimum absolute atomic E-state index is 0.105. The molecule has 0 saturated heterocycles. The van der Waals surface area contributed by atoms with Crippen LogP contribution in [0.4, 0.5) is 4.79 Å². The van der Waals surface area contributed by atoms with Gasteiger partial charge in [0, 0.05) is 14.2 Å². The molecule has 6 heteroatoms. The second-order valence-corrected chi connectivity index (χ2v) is 3.18. The highest BCUT2D eigenvalue weighted by Crippen LogP contribution is 1.92. The predicted molar refractivity (Wildman–Crippen MR) is 57.1 cm³/mol. The van der Waals surface area contributed by atoms with E-state index in [0.717, 1.165) is 11.3 Å². The zero-order valence-corrected chi connectivity index (χ0v) is 10.0. The van der Waals surface area contributed by atoms with E-state index in [4.69, 9.17) is 14.2 Å². The van der Waals surface area contributed by atoms with Crippen molar-refractivity contribution < 1.29 is 23.8 Å². The third-order valence-electron chi connectivity index (χ3n) is 1.66. The lowest BCUT2D eigenvalue weighted by Gasteiger charge is -2.15. The molecule has 0 aromatic heterocycles. The zero-order valence-electron chi connectivity index (χ0n) is 10.0. The molecule has 0 N–H and O–H groups in total. The number of likely N-dealkylation sites (N-methyl/N-ethyl adjacent to an activating group) is 1. The van der Waals surface area contributed by atoms with E-state index in [9.17, 15) is 9.59 Å². The normalized spacial score (nSPS) is 9.69. The monoisotopic (exact) mass is 233 g/mol. The van der Waals surface area contributed by atoms with E-state index in [-0.39, 0.29) is 13.2 Å². The molecule has 16 heavy (non-hydrogen) atoms. The Morgan fingerprint density at radius 2 is 1.81 bits per heavy atom. The van der Waals surface area contributed by atoms with Gasteiger partial charge in [0.2, 0.25) is 0 Å². The first kappa shape index (κ1) is 14.7. The van der Waals surface area contributed by atoms with Gasteiger partial charge in [-0.25, -0.2) is 4.79 Å². The summed E-state index contributed by atoms with van der Waals surface area (Å²) < 4.78 is 14.3. The highest BCUT2D eigenvalue weighted by molar-refractivity contribution is 5.77. The molecule has 94 valence electrons. The number of carbonyl (C=O) groups is 2. The van der Waals surface area contributed by atoms with E-state index in [2.05, 4.69) is 0 Å². The molecule has 0 rings (SSSR count). The number of ether oxygens (including phenoxy) is 3. The molecular formula is C10H19NO5. The quantitative estimate of drug-likeness (QED) is 0.477. The SMILES string of the molecule is CCCOC(=O)CN(C)C(=O)OCCOC. The van der Waals surface area contributed by atoms with Crippen molar-refractivity contribution >= 4 is 12.1 Å². The topological polar surface area (TPSA) is 65.1 Å². The summed E-state index contributed by atoms with van der Waals surface area (Å²) in [7, 11) is 2.99. The summed E-state index contributed by atoms with van der Waals surface area (Å²) in [4.78, 5) is 23.6. The lowest BCUT2D eigenvalue weighted by atomic mass is 10.5. The lowest BCUT2D eigenvalue weighted by Crippen LogP contribution is -2.34. The van der Waals surface area contributed by atoms with E-state index >= 15 is 0 Å². The Bertz CT molecular complexity index is 219. The van der Waals surface area contributed by atoms with Crippen LogP contribution in [-0.4, -0.2) is 57.5 Å². The highest BCUT2D eigenvalue weighted by atomic mass is 16.6. The zero-order chi connectivity index (χ0) is 12.4. The largest absolute Gasteiger partial charge is 0.464 e. The van der Waals surface area contributed by atoms with Crippen LogP contribution < -0.4 is 0 Å². The van der Waals surface area contributed by atoms with E-state index in [1.807, 2.05) is 6.92 Å². The molecule has 0 fully saturated rings. The van der Waals surface area contributed by atoms with Crippen LogP contribution in [0.5, 0.6) is 0 Å². The minimum Gasteiger partial charge on any atom is -0.464 e. The Kier molecular flexibility index (Phi) is 8.24. The predicted octanol–water partition coefficient (Wildman–Crippen LogP) is 0.654. The van der Waals surface area contributed by atoms with Gasteiger partial charge in [0.15, 0.2) is 0 Å². The average Bonchev–Trinajstić information content (AvgIpc) is 2.26. The van der Waals surface area contributed by atoms with Crippen LogP contribution in [0.15, 0.2) is 0 Å². The summed E-state index contributed by atoms with van der Waals surface area (Å²) in [5.41, 5.74) is 0. The molecule has 0 spiro atoms. The number of hydrogen-bond donors (Lipinski definition) is 0. The van der Waals surface area contributed by atoms with Crippen molar-refractivity contribution in [1.29, 1.82) is 0 Å². The van der Waals surface area contributed by atoms with Gasteiger partial charge in [-0.15, -0.1) is 0 Å². The average molecular weight is 233 g/mol. The molecule has 0 heterocycles. The number of hydrogen-bond acceptors (Lipinski definition) is 5. The Morgan fingerprint density at radius 3 is 2.38 bits per heavy atom. The first-order valence-electron chi connectivity index (χ1n) is 5.14. The maximum atomic E-state index is 11.3. The fourth-order valence-corrected chi connectivity index (χ4v) is 0.842. The van der Waals surface area contributed by atoms with Crippen molar-refractivity contribution in [3.63, 3.8) is 0 Å². The maximum Gasteiger partial charge on any atom is 0.410 e. The molecule has 0 aromatic rings. The summed E-state index contributed by atoms with van der Waals surface area (Å²) in [5.74, 6) is -0.437. The number of carbonyl (C=O) groups excluding carboxylic acids is 2. The Morgan fingerprint density at radius 1 is 1.12 bits per heavy atom. The number of esters is 1. The van der Waals surface area contributed by atoms with Gasteiger partial charge in [-0.05, 0) is 6.42 Å². The van der Waals surface area contributed by atoms with E-state index in [1.165, 1.54) is 14.2 Å². The van der Waals surface area contributed by atoms with E-state index < -0.39 is 12.1 Å². The first-order chi connectivity index (χ1) is 7.61. The molecule has 6 nitrogen and oxygen atoms in total. The number of nitrogens with zero attached hydrogens (tertiary/aromatic N) is 1. The number of amides is 1. The first-order valence-corrected chi connectivity index (χ1v) is 5.14. The number of methoxy groups -OCH3 is 1. The van der Waals surface area contributed by atoms with Gasteiger partial charge in [-0.2, -0.15) is 0 Å². The Hall–Kier alpha value is -1.30. The Balaban J connectivity index is 3.73. The van der Waals surface area contributed by atoms with Gasteiger partial charge in [-0.1, -0.05) is 6.92 Å². The maximum absolute atomic E-state index is 11.3. The van der Waals surface area contributed by atoms with Crippen molar-refractivity contribution in [2.24, 2.45) is 0 Å². The highest BCUT2D eigenvalue weighted by Gasteiger charge is 2.14. The fourth-order valence-electron chi connectivity index (χ4n) is 0.842. The van der Waals surface area contributed by atoms with Crippen molar-refractivity contribution in [3.8, 4) is 0 Å². The molecule has 1 amide bonds. The van der Waals surface area contributed by atoms with Gasteiger partial charge in [0.05, 0.1) is 13.2 Å². The van der Waals surface area contributed by atoms with Crippen LogP contribution in [0.25, 0.3) is 0 Å². The van der Waals surface area contributed by atoms with Gasteiger partial charge in [0.1, 0.15) is 13.2 Å². The van der Waals surface area contributed by atoms with E-state index in [0.29, 0.717) is 13.2 Å². The van der Waals surface area contributed by atoms with Crippen molar-refractivity contribution in [2.45, 2.75) is 13.3 Å². The summed E-state index contributed by atoms with van der Waals surface area (Å²) in [6, 6.07) is 0. The molecule has 0 bridgehead atoms. The Labute approximate surface area is 95.4 Å². The molecule has 0 saturated carbocycles. The molecule has 0 aliphatic heterocycles. The molecular weight excluding hydrogens is 214 g/mol. The fraction of sp³-hybridized carbons (Fsp3) is 0.800.